The molecule has 14 heteroatoms. The van der Waals surface area contributed by atoms with Crippen LogP contribution in [0.1, 0.15) is 40.2 Å². The molecule has 1 amide bonds. The van der Waals surface area contributed by atoms with Gasteiger partial charge in [0, 0.05) is 16.6 Å². The number of likely N-dealkylation sites (tertiary alicyclic amines) is 1. The van der Waals surface area contributed by atoms with Gasteiger partial charge in [-0.15, -0.1) is 5.10 Å². The molecule has 2 aromatic carbocycles. The first kappa shape index (κ1) is 25.5. The van der Waals surface area contributed by atoms with E-state index in [0.717, 1.165) is 30.4 Å². The molecule has 196 valence electrons. The molecule has 0 atom stereocenters. The summed E-state index contributed by atoms with van der Waals surface area (Å²) in [5, 5.41) is 19.7. The first-order chi connectivity index (χ1) is 18.5. The Morgan fingerprint density at radius 1 is 1.24 bits per heavy atom. The third kappa shape index (κ3) is 5.86. The third-order valence-electron chi connectivity index (χ3n) is 5.85. The number of hydrogen-bond acceptors (Lipinski definition) is 10. The predicted molar refractivity (Wildman–Crippen MR) is 138 cm³/mol. The van der Waals surface area contributed by atoms with Crippen LogP contribution >= 0.6 is 15.9 Å². The highest BCUT2D eigenvalue weighted by molar-refractivity contribution is 9.10. The zero-order chi connectivity index (χ0) is 26.5. The molecule has 0 spiro atoms. The van der Waals surface area contributed by atoms with Gasteiger partial charge in [0.15, 0.2) is 5.69 Å². The van der Waals surface area contributed by atoms with Gasteiger partial charge in [-0.1, -0.05) is 33.3 Å². The zero-order valence-electron chi connectivity index (χ0n) is 20.0. The van der Waals surface area contributed by atoms with Crippen molar-refractivity contribution in [3.8, 4) is 11.6 Å². The second kappa shape index (κ2) is 11.5. The highest BCUT2D eigenvalue weighted by atomic mass is 79.9. The number of nitrogens with two attached hydrogens (primary N) is 1. The van der Waals surface area contributed by atoms with E-state index in [9.17, 15) is 9.18 Å². The molecule has 0 unspecified atom stereocenters. The minimum absolute atomic E-state index is 0.0330. The minimum atomic E-state index is -0.569. The summed E-state index contributed by atoms with van der Waals surface area (Å²) in [5.74, 6) is -0.389. The molecule has 12 nitrogen and oxygen atoms in total. The molecular formula is C24H23BrFN9O3. The number of ether oxygens (including phenoxy) is 1. The predicted octanol–water partition coefficient (Wildman–Crippen LogP) is 3.07. The normalized spacial score (nSPS) is 13.8. The lowest BCUT2D eigenvalue weighted by Crippen LogP contribution is -2.26. The summed E-state index contributed by atoms with van der Waals surface area (Å²) >= 11 is 3.43. The van der Waals surface area contributed by atoms with Gasteiger partial charge in [-0.2, -0.15) is 9.78 Å². The molecule has 0 radical (unpaired) electrons. The maximum atomic E-state index is 13.5. The number of carbonyl (C=O) groups is 1. The molecule has 1 fully saturated rings. The van der Waals surface area contributed by atoms with Crippen molar-refractivity contribution < 1.29 is 18.6 Å². The fraction of sp³-hybridized carbons (Fsp3) is 0.250. The Balaban J connectivity index is 1.35. The van der Waals surface area contributed by atoms with Crippen molar-refractivity contribution >= 4 is 33.9 Å². The second-order valence-electron chi connectivity index (χ2n) is 8.55. The van der Waals surface area contributed by atoms with Gasteiger partial charge in [-0.3, -0.25) is 9.69 Å². The van der Waals surface area contributed by atoms with E-state index >= 15 is 0 Å². The van der Waals surface area contributed by atoms with E-state index in [-0.39, 0.29) is 29.8 Å². The van der Waals surface area contributed by atoms with Crippen molar-refractivity contribution in [1.82, 2.24) is 35.6 Å². The van der Waals surface area contributed by atoms with Gasteiger partial charge in [0.1, 0.15) is 23.9 Å². The highest BCUT2D eigenvalue weighted by Crippen LogP contribution is 2.23. The van der Waals surface area contributed by atoms with E-state index in [0.29, 0.717) is 29.1 Å². The topological polar surface area (TPSA) is 150 Å². The number of rotatable bonds is 9. The second-order valence-corrected chi connectivity index (χ2v) is 9.47. The number of hydrogen-bond donors (Lipinski definition) is 2. The van der Waals surface area contributed by atoms with Crippen molar-refractivity contribution in [1.29, 1.82) is 0 Å². The molecule has 38 heavy (non-hydrogen) atoms. The van der Waals surface area contributed by atoms with Crippen LogP contribution in [-0.2, 0) is 13.2 Å². The smallest absolute Gasteiger partial charge is 0.292 e. The summed E-state index contributed by atoms with van der Waals surface area (Å²) in [6.45, 7) is 2.40. The van der Waals surface area contributed by atoms with Crippen LogP contribution in [0.3, 0.4) is 0 Å². The fourth-order valence-electron chi connectivity index (χ4n) is 4.04. The molecular weight excluding hydrogens is 561 g/mol. The van der Waals surface area contributed by atoms with E-state index in [2.05, 4.69) is 56.6 Å². The molecule has 0 saturated carbocycles. The number of anilines is 1. The number of nitrogens with one attached hydrogen (secondary N) is 1. The third-order valence-corrected chi connectivity index (χ3v) is 6.34. The summed E-state index contributed by atoms with van der Waals surface area (Å²) in [6, 6.07) is 11.5. The van der Waals surface area contributed by atoms with E-state index in [1.807, 2.05) is 6.07 Å². The number of carbonyl (C=O) groups excluding carboxylic acids is 1. The van der Waals surface area contributed by atoms with Crippen LogP contribution in [0.15, 0.2) is 56.7 Å². The molecule has 0 aliphatic carbocycles. The Kier molecular flexibility index (Phi) is 7.70. The van der Waals surface area contributed by atoms with E-state index in [4.69, 9.17) is 10.5 Å². The van der Waals surface area contributed by atoms with Crippen LogP contribution in [0.4, 0.5) is 10.2 Å². The van der Waals surface area contributed by atoms with Gasteiger partial charge in [-0.05, 0) is 72.1 Å². The number of nitrogens with zero attached hydrogens (tertiary/aromatic N) is 7. The van der Waals surface area contributed by atoms with Crippen molar-refractivity contribution in [3.63, 3.8) is 0 Å². The minimum Gasteiger partial charge on any atom is -0.488 e. The molecule has 3 heterocycles. The van der Waals surface area contributed by atoms with Gasteiger partial charge >= 0.3 is 0 Å². The Hall–Kier alpha value is -4.17. The molecule has 3 N–H and O–H groups in total. The van der Waals surface area contributed by atoms with Crippen molar-refractivity contribution in [2.45, 2.75) is 26.0 Å². The molecule has 0 bridgehead atoms. The summed E-state index contributed by atoms with van der Waals surface area (Å²) in [4.78, 5) is 15.5. The van der Waals surface area contributed by atoms with Gasteiger partial charge in [0.2, 0.25) is 11.6 Å². The average molecular weight is 584 g/mol. The Bertz CT molecular complexity index is 1470. The van der Waals surface area contributed by atoms with Crippen molar-refractivity contribution in [2.75, 3.05) is 18.8 Å². The van der Waals surface area contributed by atoms with Crippen LogP contribution in [0.2, 0.25) is 0 Å². The molecule has 2 aromatic heterocycles. The summed E-state index contributed by atoms with van der Waals surface area (Å²) in [6.07, 6.45) is 3.61. The lowest BCUT2D eigenvalue weighted by Gasteiger charge is -2.13. The fourth-order valence-corrected chi connectivity index (χ4v) is 4.42. The Morgan fingerprint density at radius 3 is 2.84 bits per heavy atom. The van der Waals surface area contributed by atoms with E-state index in [1.165, 1.54) is 23.0 Å². The largest absolute Gasteiger partial charge is 0.488 e. The zero-order valence-corrected chi connectivity index (χ0v) is 21.6. The van der Waals surface area contributed by atoms with Crippen LogP contribution in [0.25, 0.3) is 5.82 Å². The monoisotopic (exact) mass is 583 g/mol. The molecule has 1 aliphatic rings. The van der Waals surface area contributed by atoms with Crippen LogP contribution in [0.5, 0.6) is 5.75 Å². The molecule has 1 aliphatic heterocycles. The SMILES string of the molecule is Nc1nonc1-n1nnc(CN2CCCC2)c1C(=O)N/N=C\c1cc(Br)ccc1OCc1cccc(F)c1. The Morgan fingerprint density at radius 2 is 2.08 bits per heavy atom. The Labute approximate surface area is 224 Å². The van der Waals surface area contributed by atoms with E-state index in [1.54, 1.807) is 24.3 Å². The van der Waals surface area contributed by atoms with Gasteiger partial charge in [-0.25, -0.2) is 14.4 Å². The van der Waals surface area contributed by atoms with Crippen molar-refractivity contribution in [2.24, 2.45) is 5.10 Å². The standard InChI is InChI=1S/C24H23BrFN9O3/c25-17-6-7-20(37-14-15-4-3-5-18(26)10-15)16(11-17)12-28-30-24(36)21-19(13-34-8-1-2-9-34)29-33-35(21)23-22(27)31-38-32-23/h3-7,10-12H,1-2,8-9,13-14H2,(H2,27,31)(H,30,36)/b28-12-. The molecule has 1 saturated heterocycles. The quantitative estimate of drug-likeness (QED) is 0.224. The summed E-state index contributed by atoms with van der Waals surface area (Å²) in [7, 11) is 0. The molecule has 5 rings (SSSR count). The lowest BCUT2D eigenvalue weighted by atomic mass is 10.2. The van der Waals surface area contributed by atoms with Crippen LogP contribution < -0.4 is 15.9 Å². The number of amides is 1. The van der Waals surface area contributed by atoms with Crippen LogP contribution in [-0.4, -0.2) is 55.4 Å². The number of aromatic nitrogens is 5. The highest BCUT2D eigenvalue weighted by Gasteiger charge is 2.27. The van der Waals surface area contributed by atoms with Gasteiger partial charge < -0.3 is 10.5 Å². The maximum absolute atomic E-state index is 13.5. The van der Waals surface area contributed by atoms with Gasteiger partial charge in [0.25, 0.3) is 5.91 Å². The van der Waals surface area contributed by atoms with E-state index < -0.39 is 5.91 Å². The summed E-state index contributed by atoms with van der Waals surface area (Å²) < 4.78 is 26.0. The number of hydrazone groups is 1. The van der Waals surface area contributed by atoms with Crippen LogP contribution in [0, 0.1) is 5.82 Å². The summed E-state index contributed by atoms with van der Waals surface area (Å²) in [5.41, 5.74) is 10.2. The number of benzene rings is 2. The average Bonchev–Trinajstić information content (AvgIpc) is 3.65. The number of nitrogen functional groups attached to an aromatic ring is 1. The van der Waals surface area contributed by atoms with Crippen molar-refractivity contribution in [3.05, 3.63) is 75.3 Å². The maximum Gasteiger partial charge on any atom is 0.292 e. The first-order valence-corrected chi connectivity index (χ1v) is 12.5. The lowest BCUT2D eigenvalue weighted by molar-refractivity contribution is 0.0945. The molecule has 4 aromatic rings. The first-order valence-electron chi connectivity index (χ1n) is 11.7. The van der Waals surface area contributed by atoms with Gasteiger partial charge in [0.05, 0.1) is 6.21 Å². The number of halogens is 2.